The van der Waals surface area contributed by atoms with Gasteiger partial charge in [-0.1, -0.05) is 30.3 Å². The predicted octanol–water partition coefficient (Wildman–Crippen LogP) is 3.05. The van der Waals surface area contributed by atoms with Gasteiger partial charge in [0.1, 0.15) is 11.5 Å². The highest BCUT2D eigenvalue weighted by atomic mass is 16.5. The van der Waals surface area contributed by atoms with E-state index >= 15 is 0 Å². The Morgan fingerprint density at radius 3 is 2.30 bits per heavy atom. The molecule has 0 radical (unpaired) electrons. The van der Waals surface area contributed by atoms with E-state index in [1.165, 1.54) is 0 Å². The highest BCUT2D eigenvalue weighted by Crippen LogP contribution is 2.21. The molecule has 0 aliphatic heterocycles. The molecule has 1 N–H and O–H groups in total. The fourth-order valence-corrected chi connectivity index (χ4v) is 2.35. The van der Waals surface area contributed by atoms with Crippen LogP contribution in [0.5, 0.6) is 11.5 Å². The number of hydrogen-bond donors (Lipinski definition) is 1. The molecule has 2 aromatic carbocycles. The molecule has 2 rings (SSSR count). The van der Waals surface area contributed by atoms with Crippen LogP contribution in [0.1, 0.15) is 16.7 Å². The number of aryl methyl sites for hydroxylation is 2. The number of hydrogen-bond acceptors (Lipinski definition) is 3. The lowest BCUT2D eigenvalue weighted by Crippen LogP contribution is -2.30. The fourth-order valence-electron chi connectivity index (χ4n) is 2.35. The summed E-state index contributed by atoms with van der Waals surface area (Å²) in [6.07, 6.45) is 0.777. The molecule has 1 amide bonds. The maximum Gasteiger partial charge on any atom is 0.257 e. The SMILES string of the molecule is COc1ccc(CCNC(=O)COc2c(C)cccc2C)cc1. The topological polar surface area (TPSA) is 47.6 Å². The van der Waals surface area contributed by atoms with Crippen LogP contribution < -0.4 is 14.8 Å². The first-order valence-corrected chi connectivity index (χ1v) is 7.69. The van der Waals surface area contributed by atoms with Crippen LogP contribution in [0.2, 0.25) is 0 Å². The van der Waals surface area contributed by atoms with Crippen LogP contribution in [0.15, 0.2) is 42.5 Å². The van der Waals surface area contributed by atoms with E-state index in [2.05, 4.69) is 5.32 Å². The molecule has 2 aromatic rings. The molecule has 0 bridgehead atoms. The summed E-state index contributed by atoms with van der Waals surface area (Å²) in [7, 11) is 1.64. The van der Waals surface area contributed by atoms with Crippen LogP contribution in [0.3, 0.4) is 0 Å². The van der Waals surface area contributed by atoms with E-state index in [4.69, 9.17) is 9.47 Å². The molecular weight excluding hydrogens is 290 g/mol. The summed E-state index contributed by atoms with van der Waals surface area (Å²) in [5, 5.41) is 2.87. The van der Waals surface area contributed by atoms with E-state index in [-0.39, 0.29) is 12.5 Å². The summed E-state index contributed by atoms with van der Waals surface area (Å²) in [4.78, 5) is 11.9. The zero-order valence-corrected chi connectivity index (χ0v) is 13.9. The van der Waals surface area contributed by atoms with Crippen molar-refractivity contribution in [1.29, 1.82) is 0 Å². The first-order chi connectivity index (χ1) is 11.1. The molecule has 0 saturated carbocycles. The Balaban J connectivity index is 1.74. The number of nitrogens with one attached hydrogen (secondary N) is 1. The molecule has 0 aliphatic rings. The summed E-state index contributed by atoms with van der Waals surface area (Å²) in [6, 6.07) is 13.8. The van der Waals surface area contributed by atoms with Gasteiger partial charge in [0, 0.05) is 6.54 Å². The predicted molar refractivity (Wildman–Crippen MR) is 91.1 cm³/mol. The Morgan fingerprint density at radius 1 is 1.04 bits per heavy atom. The van der Waals surface area contributed by atoms with Crippen LogP contribution in [0.25, 0.3) is 0 Å². The first kappa shape index (κ1) is 16.9. The Labute approximate surface area is 137 Å². The number of carbonyl (C=O) groups is 1. The van der Waals surface area contributed by atoms with Gasteiger partial charge in [-0.05, 0) is 49.1 Å². The Bertz CT molecular complexity index is 630. The van der Waals surface area contributed by atoms with Gasteiger partial charge in [-0.2, -0.15) is 0 Å². The molecule has 0 atom stereocenters. The van der Waals surface area contributed by atoms with Crippen LogP contribution in [0.4, 0.5) is 0 Å². The highest BCUT2D eigenvalue weighted by Gasteiger charge is 2.07. The van der Waals surface area contributed by atoms with Crippen LogP contribution >= 0.6 is 0 Å². The van der Waals surface area contributed by atoms with Gasteiger partial charge in [-0.15, -0.1) is 0 Å². The van der Waals surface area contributed by atoms with Gasteiger partial charge in [0.15, 0.2) is 6.61 Å². The molecule has 0 fully saturated rings. The molecule has 23 heavy (non-hydrogen) atoms. The van der Waals surface area contributed by atoms with Crippen LogP contribution in [-0.2, 0) is 11.2 Å². The van der Waals surface area contributed by atoms with Crippen molar-refractivity contribution in [2.24, 2.45) is 0 Å². The van der Waals surface area contributed by atoms with Crippen LogP contribution in [0, 0.1) is 13.8 Å². The second-order valence-corrected chi connectivity index (χ2v) is 5.46. The zero-order valence-electron chi connectivity index (χ0n) is 13.9. The molecule has 0 saturated heterocycles. The number of rotatable bonds is 7. The molecule has 0 aromatic heterocycles. The third-order valence-electron chi connectivity index (χ3n) is 3.65. The second kappa shape index (κ2) is 8.22. The maximum absolute atomic E-state index is 11.9. The van der Waals surface area contributed by atoms with Crippen molar-refractivity contribution in [2.45, 2.75) is 20.3 Å². The number of carbonyl (C=O) groups excluding carboxylic acids is 1. The second-order valence-electron chi connectivity index (χ2n) is 5.46. The van der Waals surface area contributed by atoms with Gasteiger partial charge in [-0.25, -0.2) is 0 Å². The standard InChI is InChI=1S/C19H23NO3/c1-14-5-4-6-15(2)19(14)23-13-18(21)20-12-11-16-7-9-17(22-3)10-8-16/h4-10H,11-13H2,1-3H3,(H,20,21). The van der Waals surface area contributed by atoms with E-state index in [1.54, 1.807) is 7.11 Å². The Hall–Kier alpha value is -2.49. The lowest BCUT2D eigenvalue weighted by atomic mass is 10.1. The lowest BCUT2D eigenvalue weighted by molar-refractivity contribution is -0.123. The summed E-state index contributed by atoms with van der Waals surface area (Å²) >= 11 is 0. The normalized spacial score (nSPS) is 10.2. The molecule has 0 heterocycles. The van der Waals surface area contributed by atoms with E-state index in [0.717, 1.165) is 34.6 Å². The minimum atomic E-state index is -0.110. The smallest absolute Gasteiger partial charge is 0.257 e. The largest absolute Gasteiger partial charge is 0.497 e. The van der Waals surface area contributed by atoms with Crippen molar-refractivity contribution in [2.75, 3.05) is 20.3 Å². The Kier molecular flexibility index (Phi) is 6.03. The van der Waals surface area contributed by atoms with Crippen molar-refractivity contribution in [3.63, 3.8) is 0 Å². The number of para-hydroxylation sites is 1. The molecule has 0 unspecified atom stereocenters. The third kappa shape index (κ3) is 5.02. The van der Waals surface area contributed by atoms with Crippen molar-refractivity contribution in [1.82, 2.24) is 5.32 Å². The van der Waals surface area contributed by atoms with Crippen molar-refractivity contribution >= 4 is 5.91 Å². The number of ether oxygens (including phenoxy) is 2. The number of benzene rings is 2. The van der Waals surface area contributed by atoms with E-state index in [9.17, 15) is 4.79 Å². The molecule has 4 nitrogen and oxygen atoms in total. The Morgan fingerprint density at radius 2 is 1.70 bits per heavy atom. The van der Waals surface area contributed by atoms with E-state index < -0.39 is 0 Å². The van der Waals surface area contributed by atoms with E-state index in [1.807, 2.05) is 56.3 Å². The lowest BCUT2D eigenvalue weighted by Gasteiger charge is -2.12. The molecule has 0 aliphatic carbocycles. The van der Waals surface area contributed by atoms with Crippen LogP contribution in [-0.4, -0.2) is 26.2 Å². The molecule has 4 heteroatoms. The maximum atomic E-state index is 11.9. The first-order valence-electron chi connectivity index (χ1n) is 7.69. The average molecular weight is 313 g/mol. The minimum Gasteiger partial charge on any atom is -0.497 e. The molecule has 0 spiro atoms. The summed E-state index contributed by atoms with van der Waals surface area (Å²) in [5.74, 6) is 1.51. The summed E-state index contributed by atoms with van der Waals surface area (Å²) in [5.41, 5.74) is 3.23. The van der Waals surface area contributed by atoms with Gasteiger partial charge >= 0.3 is 0 Å². The van der Waals surface area contributed by atoms with Gasteiger partial charge in [0.2, 0.25) is 0 Å². The summed E-state index contributed by atoms with van der Waals surface area (Å²) < 4.78 is 10.8. The summed E-state index contributed by atoms with van der Waals surface area (Å²) in [6.45, 7) is 4.57. The number of methoxy groups -OCH3 is 1. The van der Waals surface area contributed by atoms with Crippen molar-refractivity contribution < 1.29 is 14.3 Å². The monoisotopic (exact) mass is 313 g/mol. The third-order valence-corrected chi connectivity index (χ3v) is 3.65. The molecular formula is C19H23NO3. The van der Waals surface area contributed by atoms with Gasteiger partial charge in [0.05, 0.1) is 7.11 Å². The quantitative estimate of drug-likeness (QED) is 0.854. The number of amides is 1. The van der Waals surface area contributed by atoms with E-state index in [0.29, 0.717) is 6.54 Å². The highest BCUT2D eigenvalue weighted by molar-refractivity contribution is 5.77. The average Bonchev–Trinajstić information content (AvgIpc) is 2.55. The minimum absolute atomic E-state index is 0.0360. The fraction of sp³-hybridized carbons (Fsp3) is 0.316. The van der Waals surface area contributed by atoms with Gasteiger partial charge in [-0.3, -0.25) is 4.79 Å². The zero-order chi connectivity index (χ0) is 16.7. The van der Waals surface area contributed by atoms with Crippen molar-refractivity contribution in [3.8, 4) is 11.5 Å². The van der Waals surface area contributed by atoms with Gasteiger partial charge in [0.25, 0.3) is 5.91 Å². The van der Waals surface area contributed by atoms with Crippen molar-refractivity contribution in [3.05, 3.63) is 59.2 Å². The molecule has 122 valence electrons. The van der Waals surface area contributed by atoms with Gasteiger partial charge < -0.3 is 14.8 Å².